The summed E-state index contributed by atoms with van der Waals surface area (Å²) in [7, 11) is -4.73. The molecule has 1 fully saturated rings. The van der Waals surface area contributed by atoms with Crippen LogP contribution in [-0.4, -0.2) is 65.0 Å². The fraction of sp³-hybridized carbons (Fsp3) is 0.333. The maximum Gasteiger partial charge on any atom is 1.00 e. The number of rotatable bonds is 8. The number of aliphatic hydroxyl groups is 2. The van der Waals surface area contributed by atoms with Crippen LogP contribution in [0, 0.1) is 0 Å². The topological polar surface area (TPSA) is 223 Å². The Morgan fingerprint density at radius 2 is 1.91 bits per heavy atom. The number of anilines is 1. The van der Waals surface area contributed by atoms with E-state index < -0.39 is 65.4 Å². The molecule has 1 aliphatic heterocycles. The molecule has 1 aliphatic rings. The first-order chi connectivity index (χ1) is 15.5. The van der Waals surface area contributed by atoms with Crippen LogP contribution in [0.25, 0.3) is 0 Å². The number of ether oxygens (including phenoxy) is 1. The first kappa shape index (κ1) is 27.9. The Bertz CT molecular complexity index is 1220. The van der Waals surface area contributed by atoms with E-state index in [9.17, 15) is 38.1 Å². The Labute approximate surface area is 214 Å². The second-order valence-electron chi connectivity index (χ2n) is 6.96. The summed E-state index contributed by atoms with van der Waals surface area (Å²) in [6.45, 7) is -0.824. The van der Waals surface area contributed by atoms with E-state index >= 15 is 0 Å². The summed E-state index contributed by atoms with van der Waals surface area (Å²) in [6, 6.07) is 6.65. The van der Waals surface area contributed by atoms with Crippen LogP contribution in [-0.2, 0) is 30.4 Å². The Kier molecular flexibility index (Phi) is 9.32. The van der Waals surface area contributed by atoms with Crippen molar-refractivity contribution in [1.29, 1.82) is 0 Å². The van der Waals surface area contributed by atoms with Crippen molar-refractivity contribution in [2.45, 2.75) is 31.0 Å². The molecule has 0 saturated carbocycles. The maximum atomic E-state index is 12.3. The Morgan fingerprint density at radius 1 is 1.24 bits per heavy atom. The van der Waals surface area contributed by atoms with Crippen LogP contribution in [0.2, 0.25) is 0 Å². The molecule has 34 heavy (non-hydrogen) atoms. The Hall–Kier alpha value is -2.37. The SMILES string of the molecule is Nc1ccn([C@@H]2O[C@H](COS(=O)(=O)NC(=O)c3ccccc3CC(=O)[O-])[C@@H](O)[C@H]2O)c(=O)n1.[Na+]. The summed E-state index contributed by atoms with van der Waals surface area (Å²) in [5, 5.41) is 31.2. The molecule has 0 aliphatic carbocycles. The van der Waals surface area contributed by atoms with Gasteiger partial charge in [-0.2, -0.15) is 13.4 Å². The van der Waals surface area contributed by atoms with E-state index in [0.29, 0.717) is 0 Å². The number of benzene rings is 1. The fourth-order valence-corrected chi connectivity index (χ4v) is 3.83. The Morgan fingerprint density at radius 3 is 2.56 bits per heavy atom. The van der Waals surface area contributed by atoms with Crippen molar-refractivity contribution < 1.29 is 71.8 Å². The van der Waals surface area contributed by atoms with Gasteiger partial charge < -0.3 is 30.6 Å². The zero-order valence-corrected chi connectivity index (χ0v) is 20.5. The largest absolute Gasteiger partial charge is 1.00 e. The van der Waals surface area contributed by atoms with Crippen molar-refractivity contribution >= 4 is 28.0 Å². The zero-order chi connectivity index (χ0) is 24.3. The molecule has 0 radical (unpaired) electrons. The molecule has 14 nitrogen and oxygen atoms in total. The molecule has 1 aromatic carbocycles. The first-order valence-electron chi connectivity index (χ1n) is 9.34. The van der Waals surface area contributed by atoms with Gasteiger partial charge in [0.1, 0.15) is 24.1 Å². The van der Waals surface area contributed by atoms with Gasteiger partial charge in [-0.3, -0.25) is 13.5 Å². The summed E-state index contributed by atoms with van der Waals surface area (Å²) >= 11 is 0. The van der Waals surface area contributed by atoms with Crippen molar-refractivity contribution in [1.82, 2.24) is 14.3 Å². The summed E-state index contributed by atoms with van der Waals surface area (Å²) < 4.78 is 36.8. The number of carbonyl (C=O) groups is 2. The van der Waals surface area contributed by atoms with Crippen molar-refractivity contribution in [2.24, 2.45) is 0 Å². The Balaban J connectivity index is 0.00000408. The third-order valence-electron chi connectivity index (χ3n) is 4.66. The number of nitrogen functional groups attached to an aromatic ring is 1. The molecular formula is C18H19N4NaO10S. The van der Waals surface area contributed by atoms with Crippen molar-refractivity contribution in [3.8, 4) is 0 Å². The molecule has 0 bridgehead atoms. The molecule has 0 unspecified atom stereocenters. The van der Waals surface area contributed by atoms with Gasteiger partial charge in [-0.05, 0) is 17.7 Å². The van der Waals surface area contributed by atoms with E-state index in [-0.39, 0.29) is 46.5 Å². The molecule has 2 heterocycles. The number of hydrogen-bond donors (Lipinski definition) is 4. The van der Waals surface area contributed by atoms with E-state index in [4.69, 9.17) is 10.5 Å². The second-order valence-corrected chi connectivity index (χ2v) is 8.31. The van der Waals surface area contributed by atoms with Gasteiger partial charge in [-0.1, -0.05) is 18.2 Å². The quantitative estimate of drug-likeness (QED) is 0.245. The standard InChI is InChI=1S/C18H20N4O10S.Na/c19-12-5-6-22(18(28)20-12)17-15(26)14(25)11(32-17)8-31-33(29,30)21-16(27)10-4-2-1-3-9(10)7-13(23)24;/h1-6,11,14-15,17,25-26H,7-8H2,(H,21,27)(H,23,24)(H2,19,20,28);/q;+1/p-1/t11-,14-,15-,17-;/m1./s1. The molecule has 4 atom stereocenters. The van der Waals surface area contributed by atoms with Crippen LogP contribution in [0.1, 0.15) is 22.1 Å². The normalized spacial score (nSPS) is 22.1. The van der Waals surface area contributed by atoms with E-state index in [1.165, 1.54) is 36.5 Å². The van der Waals surface area contributed by atoms with Gasteiger partial charge in [-0.15, -0.1) is 0 Å². The fourth-order valence-electron chi connectivity index (χ4n) is 3.12. The second kappa shape index (κ2) is 11.4. The number of carboxylic acid groups (broad SMARTS) is 1. The molecule has 5 N–H and O–H groups in total. The van der Waals surface area contributed by atoms with Crippen molar-refractivity contribution in [2.75, 3.05) is 12.3 Å². The molecule has 2 aromatic rings. The average Bonchev–Trinajstić information content (AvgIpc) is 3.00. The maximum absolute atomic E-state index is 12.3. The van der Waals surface area contributed by atoms with Crippen LogP contribution in [0.5, 0.6) is 0 Å². The van der Waals surface area contributed by atoms with Gasteiger partial charge in [0.2, 0.25) is 0 Å². The third kappa shape index (κ3) is 6.61. The van der Waals surface area contributed by atoms with Crippen LogP contribution < -0.4 is 50.8 Å². The number of carboxylic acids is 1. The number of aromatic nitrogens is 2. The number of hydrogen-bond acceptors (Lipinski definition) is 12. The molecule has 1 saturated heterocycles. The number of carbonyl (C=O) groups excluding carboxylic acids is 2. The van der Waals surface area contributed by atoms with Gasteiger partial charge in [-0.25, -0.2) is 9.52 Å². The molecule has 0 spiro atoms. The van der Waals surface area contributed by atoms with Gasteiger partial charge in [0.05, 0.1) is 6.61 Å². The van der Waals surface area contributed by atoms with Crippen LogP contribution in [0.3, 0.4) is 0 Å². The molecule has 1 amide bonds. The number of amides is 1. The average molecular weight is 506 g/mol. The van der Waals surface area contributed by atoms with Crippen LogP contribution in [0.15, 0.2) is 41.3 Å². The van der Waals surface area contributed by atoms with Gasteiger partial charge in [0, 0.05) is 24.2 Å². The minimum Gasteiger partial charge on any atom is -0.550 e. The van der Waals surface area contributed by atoms with Crippen molar-refractivity contribution in [3.63, 3.8) is 0 Å². The number of aliphatic carboxylic acids is 1. The van der Waals surface area contributed by atoms with Gasteiger partial charge in [0.15, 0.2) is 6.23 Å². The van der Waals surface area contributed by atoms with Gasteiger partial charge in [0.25, 0.3) is 5.91 Å². The summed E-state index contributed by atoms with van der Waals surface area (Å²) in [5.41, 5.74) is 4.32. The molecule has 16 heteroatoms. The van der Waals surface area contributed by atoms with E-state index in [2.05, 4.69) is 9.17 Å². The van der Waals surface area contributed by atoms with Crippen LogP contribution in [0.4, 0.5) is 5.82 Å². The summed E-state index contributed by atoms with van der Waals surface area (Å²) in [6.07, 6.45) is -5.51. The number of nitrogens with one attached hydrogen (secondary N) is 1. The van der Waals surface area contributed by atoms with E-state index in [0.717, 1.165) is 4.57 Å². The van der Waals surface area contributed by atoms with Gasteiger partial charge >= 0.3 is 45.6 Å². The number of aliphatic hydroxyl groups excluding tert-OH is 2. The third-order valence-corrected chi connectivity index (χ3v) is 5.55. The minimum absolute atomic E-state index is 0. The first-order valence-corrected chi connectivity index (χ1v) is 10.7. The number of nitrogens with zero attached hydrogens (tertiary/aromatic N) is 2. The molecule has 3 rings (SSSR count). The minimum atomic E-state index is -4.73. The monoisotopic (exact) mass is 506 g/mol. The number of nitrogens with two attached hydrogens (primary N) is 1. The summed E-state index contributed by atoms with van der Waals surface area (Å²) in [5.74, 6) is -2.70. The zero-order valence-electron chi connectivity index (χ0n) is 17.7. The van der Waals surface area contributed by atoms with E-state index in [1.807, 2.05) is 0 Å². The van der Waals surface area contributed by atoms with E-state index in [1.54, 1.807) is 4.72 Å². The van der Waals surface area contributed by atoms with Crippen molar-refractivity contribution in [3.05, 3.63) is 58.1 Å². The molecule has 1 aromatic heterocycles. The van der Waals surface area contributed by atoms with Crippen LogP contribution >= 0.6 is 0 Å². The smallest absolute Gasteiger partial charge is 0.550 e. The molecule has 178 valence electrons. The predicted octanol–water partition coefficient (Wildman–Crippen LogP) is -6.57. The molecular weight excluding hydrogens is 487 g/mol. The summed E-state index contributed by atoms with van der Waals surface area (Å²) in [4.78, 5) is 38.6. The predicted molar refractivity (Wildman–Crippen MR) is 106 cm³/mol.